The van der Waals surface area contributed by atoms with Gasteiger partial charge < -0.3 is 9.84 Å². The van der Waals surface area contributed by atoms with E-state index >= 15 is 0 Å². The molecule has 0 saturated carbocycles. The monoisotopic (exact) mass is 304 g/mol. The molecule has 1 aromatic carbocycles. The van der Waals surface area contributed by atoms with Gasteiger partial charge >= 0.3 is 12.1 Å². The molecule has 0 unspecified atom stereocenters. The van der Waals surface area contributed by atoms with Crippen LogP contribution in [0.4, 0.5) is 18.9 Å². The van der Waals surface area contributed by atoms with Crippen LogP contribution in [0.3, 0.4) is 0 Å². The molecule has 0 amide bonds. The van der Waals surface area contributed by atoms with Crippen molar-refractivity contribution in [2.75, 3.05) is 19.1 Å². The molecule has 0 saturated heterocycles. The van der Waals surface area contributed by atoms with Crippen LogP contribution in [0.2, 0.25) is 0 Å². The highest BCUT2D eigenvalue weighted by molar-refractivity contribution is 6.64. The maximum absolute atomic E-state index is 12.5. The lowest BCUT2D eigenvalue weighted by Gasteiger charge is -2.08. The Morgan fingerprint density at radius 2 is 2.05 bits per heavy atom. The van der Waals surface area contributed by atoms with Crippen molar-refractivity contribution >= 4 is 23.2 Å². The van der Waals surface area contributed by atoms with Crippen molar-refractivity contribution < 1.29 is 32.6 Å². The number of nitrogens with zero attached hydrogens (tertiary/aromatic N) is 1. The summed E-state index contributed by atoms with van der Waals surface area (Å²) in [5.74, 6) is -2.53. The Kier molecular flexibility index (Phi) is 5.42. The number of hydrogen-bond donors (Lipinski definition) is 2. The van der Waals surface area contributed by atoms with E-state index in [4.69, 9.17) is 5.11 Å². The third kappa shape index (κ3) is 4.88. The van der Waals surface area contributed by atoms with Crippen LogP contribution in [0.1, 0.15) is 5.56 Å². The fraction of sp³-hybridized carbons (Fsp3) is 0.250. The van der Waals surface area contributed by atoms with Gasteiger partial charge in [0.15, 0.2) is 0 Å². The van der Waals surface area contributed by atoms with E-state index in [9.17, 15) is 22.8 Å². The van der Waals surface area contributed by atoms with Gasteiger partial charge in [-0.05, 0) is 18.2 Å². The summed E-state index contributed by atoms with van der Waals surface area (Å²) < 4.78 is 42.0. The van der Waals surface area contributed by atoms with Crippen molar-refractivity contribution in [1.82, 2.24) is 0 Å². The third-order valence-corrected chi connectivity index (χ3v) is 2.23. The summed E-state index contributed by atoms with van der Waals surface area (Å²) in [5, 5.41) is 12.1. The Balaban J connectivity index is 2.96. The average molecular weight is 304 g/mol. The lowest BCUT2D eigenvalue weighted by Crippen LogP contribution is -2.28. The standard InChI is InChI=1S/C12H11F3N2O4/c1-21-6-9(18)10(11(19)20)17-16-8-4-2-3-7(5-8)12(13,14)15/h2-5,16H,6H2,1H3,(H,19,20)/b17-10-. The summed E-state index contributed by atoms with van der Waals surface area (Å²) in [6.07, 6.45) is -4.54. The van der Waals surface area contributed by atoms with E-state index in [0.717, 1.165) is 18.2 Å². The molecule has 0 atom stereocenters. The van der Waals surface area contributed by atoms with Gasteiger partial charge in [-0.15, -0.1) is 0 Å². The number of ketones is 1. The topological polar surface area (TPSA) is 88.0 Å². The maximum atomic E-state index is 12.5. The number of anilines is 1. The number of Topliss-reactive ketones (excluding diaryl/α,β-unsaturated/α-hetero) is 1. The number of rotatable bonds is 6. The Bertz CT molecular complexity index is 570. The van der Waals surface area contributed by atoms with Gasteiger partial charge in [0.1, 0.15) is 6.61 Å². The largest absolute Gasteiger partial charge is 0.476 e. The number of alkyl halides is 3. The Hall–Kier alpha value is -2.42. The molecule has 21 heavy (non-hydrogen) atoms. The zero-order valence-corrected chi connectivity index (χ0v) is 10.8. The zero-order valence-electron chi connectivity index (χ0n) is 10.8. The van der Waals surface area contributed by atoms with E-state index in [-0.39, 0.29) is 5.69 Å². The van der Waals surface area contributed by atoms with Crippen molar-refractivity contribution in [3.05, 3.63) is 29.8 Å². The quantitative estimate of drug-likeness (QED) is 0.475. The Labute approximate surface area is 117 Å². The second kappa shape index (κ2) is 6.84. The molecular formula is C12H11F3N2O4. The van der Waals surface area contributed by atoms with Gasteiger partial charge in [-0.2, -0.15) is 18.3 Å². The smallest absolute Gasteiger partial charge is 0.416 e. The van der Waals surface area contributed by atoms with Gasteiger partial charge in [0, 0.05) is 7.11 Å². The normalized spacial score (nSPS) is 12.1. The second-order valence-electron chi connectivity index (χ2n) is 3.81. The Morgan fingerprint density at radius 3 is 2.57 bits per heavy atom. The lowest BCUT2D eigenvalue weighted by molar-refractivity contribution is -0.137. The fourth-order valence-corrected chi connectivity index (χ4v) is 1.31. The first kappa shape index (κ1) is 16.6. The van der Waals surface area contributed by atoms with Gasteiger partial charge in [0.2, 0.25) is 11.5 Å². The molecular weight excluding hydrogens is 293 g/mol. The number of nitrogens with one attached hydrogen (secondary N) is 1. The SMILES string of the molecule is COCC(=O)/C(=N/Nc1cccc(C(F)(F)F)c1)C(=O)O. The molecule has 0 aromatic heterocycles. The van der Waals surface area contributed by atoms with Crippen molar-refractivity contribution in [2.45, 2.75) is 6.18 Å². The lowest BCUT2D eigenvalue weighted by atomic mass is 10.2. The number of hydrazone groups is 1. The van der Waals surface area contributed by atoms with Gasteiger partial charge in [0.05, 0.1) is 11.3 Å². The predicted octanol–water partition coefficient (Wildman–Crippen LogP) is 1.77. The highest BCUT2D eigenvalue weighted by atomic mass is 19.4. The summed E-state index contributed by atoms with van der Waals surface area (Å²) in [7, 11) is 1.19. The van der Waals surface area contributed by atoms with Crippen LogP contribution in [0.25, 0.3) is 0 Å². The third-order valence-electron chi connectivity index (χ3n) is 2.23. The molecule has 0 aliphatic heterocycles. The molecule has 1 rings (SSSR count). The molecule has 0 radical (unpaired) electrons. The van der Waals surface area contributed by atoms with Crippen molar-refractivity contribution in [2.24, 2.45) is 5.10 Å². The number of benzene rings is 1. The van der Waals surface area contributed by atoms with Gasteiger partial charge in [-0.3, -0.25) is 10.2 Å². The first-order valence-corrected chi connectivity index (χ1v) is 5.52. The van der Waals surface area contributed by atoms with Crippen LogP contribution in [-0.4, -0.2) is 36.3 Å². The molecule has 0 fully saturated rings. The molecule has 0 bridgehead atoms. The summed E-state index contributed by atoms with van der Waals surface area (Å²) in [6, 6.07) is 3.96. The van der Waals surface area contributed by atoms with Crippen molar-refractivity contribution in [3.8, 4) is 0 Å². The minimum absolute atomic E-state index is 0.103. The maximum Gasteiger partial charge on any atom is 0.416 e. The molecule has 0 aliphatic carbocycles. The number of halogens is 3. The summed E-state index contributed by atoms with van der Waals surface area (Å²) in [4.78, 5) is 22.2. The minimum Gasteiger partial charge on any atom is -0.476 e. The number of methoxy groups -OCH3 is 1. The number of carbonyl (C=O) groups excluding carboxylic acids is 1. The molecule has 9 heteroatoms. The van der Waals surface area contributed by atoms with Crippen LogP contribution in [0, 0.1) is 0 Å². The average Bonchev–Trinajstić information content (AvgIpc) is 2.38. The first-order valence-electron chi connectivity index (χ1n) is 5.52. The van der Waals surface area contributed by atoms with Crippen LogP contribution < -0.4 is 5.43 Å². The zero-order chi connectivity index (χ0) is 16.0. The fourth-order valence-electron chi connectivity index (χ4n) is 1.31. The molecule has 2 N–H and O–H groups in total. The van der Waals surface area contributed by atoms with Crippen molar-refractivity contribution in [3.63, 3.8) is 0 Å². The van der Waals surface area contributed by atoms with Crippen LogP contribution in [0.5, 0.6) is 0 Å². The van der Waals surface area contributed by atoms with Crippen LogP contribution in [-0.2, 0) is 20.5 Å². The Morgan fingerprint density at radius 1 is 1.38 bits per heavy atom. The second-order valence-corrected chi connectivity index (χ2v) is 3.81. The summed E-state index contributed by atoms with van der Waals surface area (Å²) in [6.45, 7) is -0.505. The molecule has 0 heterocycles. The van der Waals surface area contributed by atoms with E-state index in [2.05, 4.69) is 15.3 Å². The highest BCUT2D eigenvalue weighted by Crippen LogP contribution is 2.30. The van der Waals surface area contributed by atoms with E-state index in [1.54, 1.807) is 0 Å². The predicted molar refractivity (Wildman–Crippen MR) is 67.0 cm³/mol. The van der Waals surface area contributed by atoms with Crippen LogP contribution in [0.15, 0.2) is 29.4 Å². The molecule has 114 valence electrons. The number of carboxylic acids is 1. The number of hydrogen-bond acceptors (Lipinski definition) is 5. The van der Waals surface area contributed by atoms with E-state index in [0.29, 0.717) is 0 Å². The molecule has 1 aromatic rings. The summed E-state index contributed by atoms with van der Waals surface area (Å²) in [5.41, 5.74) is 0.211. The molecule has 0 aliphatic rings. The molecule has 6 nitrogen and oxygen atoms in total. The number of carbonyl (C=O) groups is 2. The number of carboxylic acid groups (broad SMARTS) is 1. The van der Waals surface area contributed by atoms with E-state index in [1.807, 2.05) is 0 Å². The van der Waals surface area contributed by atoms with E-state index < -0.39 is 35.8 Å². The van der Waals surface area contributed by atoms with Crippen molar-refractivity contribution in [1.29, 1.82) is 0 Å². The highest BCUT2D eigenvalue weighted by Gasteiger charge is 2.30. The minimum atomic E-state index is -4.54. The van der Waals surface area contributed by atoms with Gasteiger partial charge in [0.25, 0.3) is 0 Å². The van der Waals surface area contributed by atoms with E-state index in [1.165, 1.54) is 13.2 Å². The van der Waals surface area contributed by atoms with Gasteiger partial charge in [-0.25, -0.2) is 4.79 Å². The van der Waals surface area contributed by atoms with Gasteiger partial charge in [-0.1, -0.05) is 6.07 Å². The summed E-state index contributed by atoms with van der Waals surface area (Å²) >= 11 is 0. The number of aliphatic carboxylic acids is 1. The number of ether oxygens (including phenoxy) is 1. The first-order chi connectivity index (χ1) is 9.75. The molecule has 0 spiro atoms. The van der Waals surface area contributed by atoms with Crippen LogP contribution >= 0.6 is 0 Å².